The summed E-state index contributed by atoms with van der Waals surface area (Å²) in [7, 11) is 4.52. The molecule has 0 atom stereocenters. The Morgan fingerprint density at radius 2 is 0.730 bits per heavy atom. The van der Waals surface area contributed by atoms with Crippen molar-refractivity contribution in [2.24, 2.45) is 0 Å². The molecule has 0 aromatic carbocycles. The molecule has 16 nitrogen and oxygen atoms in total. The van der Waals surface area contributed by atoms with Gasteiger partial charge in [0.2, 0.25) is 17.7 Å². The van der Waals surface area contributed by atoms with Gasteiger partial charge in [0.15, 0.2) is 0 Å². The normalized spacial score (nSPS) is 11.1. The summed E-state index contributed by atoms with van der Waals surface area (Å²) < 4.78 is 0. The number of rotatable bonds is 21. The summed E-state index contributed by atoms with van der Waals surface area (Å²) in [5, 5.41) is 34.4. The first-order valence-corrected chi connectivity index (χ1v) is 11.5. The fourth-order valence-electron chi connectivity index (χ4n) is 3.16. The van der Waals surface area contributed by atoms with E-state index in [4.69, 9.17) is 15.3 Å². The van der Waals surface area contributed by atoms with Crippen molar-refractivity contribution < 1.29 is 44.1 Å². The van der Waals surface area contributed by atoms with Gasteiger partial charge in [0.25, 0.3) is 0 Å². The van der Waals surface area contributed by atoms with E-state index in [0.29, 0.717) is 19.6 Å². The number of carboxylic acids is 3. The van der Waals surface area contributed by atoms with Crippen LogP contribution in [-0.2, 0) is 28.8 Å². The van der Waals surface area contributed by atoms with Crippen molar-refractivity contribution in [3.05, 3.63) is 0 Å². The molecule has 0 spiro atoms. The molecule has 37 heavy (non-hydrogen) atoms. The van der Waals surface area contributed by atoms with Gasteiger partial charge in [-0.05, 0) is 21.1 Å². The second-order valence-corrected chi connectivity index (χ2v) is 8.59. The van der Waals surface area contributed by atoms with Crippen molar-refractivity contribution >= 4 is 35.6 Å². The van der Waals surface area contributed by atoms with Crippen LogP contribution >= 0.6 is 0 Å². The highest BCUT2D eigenvalue weighted by atomic mass is 16.4. The summed E-state index contributed by atoms with van der Waals surface area (Å²) in [6.45, 7) is 0.740. The molecule has 0 unspecified atom stereocenters. The third kappa shape index (κ3) is 20.5. The highest BCUT2D eigenvalue weighted by Crippen LogP contribution is 1.89. The average molecular weight is 534 g/mol. The van der Waals surface area contributed by atoms with Gasteiger partial charge in [0.1, 0.15) is 0 Å². The smallest absolute Gasteiger partial charge is 0.317 e. The van der Waals surface area contributed by atoms with Crippen LogP contribution in [0.3, 0.4) is 0 Å². The second kappa shape index (κ2) is 18.9. The maximum absolute atomic E-state index is 12.0. The Balaban J connectivity index is 4.65. The summed E-state index contributed by atoms with van der Waals surface area (Å²) in [6.07, 6.45) is 0. The fourth-order valence-corrected chi connectivity index (χ4v) is 3.16. The Morgan fingerprint density at radius 3 is 0.946 bits per heavy atom. The van der Waals surface area contributed by atoms with Crippen LogP contribution in [0.15, 0.2) is 0 Å². The van der Waals surface area contributed by atoms with E-state index < -0.39 is 17.9 Å². The lowest BCUT2D eigenvalue weighted by molar-refractivity contribution is -0.139. The van der Waals surface area contributed by atoms with Crippen LogP contribution in [0.2, 0.25) is 0 Å². The summed E-state index contributed by atoms with van der Waals surface area (Å²) in [5.41, 5.74) is 0. The maximum atomic E-state index is 12.0. The van der Waals surface area contributed by atoms with Crippen molar-refractivity contribution in [2.75, 3.05) is 99.7 Å². The molecule has 0 fully saturated rings. The van der Waals surface area contributed by atoms with Gasteiger partial charge in [0, 0.05) is 39.3 Å². The minimum atomic E-state index is -1.05. The minimum Gasteiger partial charge on any atom is -0.480 e. The number of carboxylic acid groups (broad SMARTS) is 3. The SMILES string of the molecule is CN(CC(=O)O)CC(=O)NCCN(CCNC(=O)CN(C)CC(=O)O)CCNC(=O)CN(C)CC(=O)O. The van der Waals surface area contributed by atoms with E-state index in [2.05, 4.69) is 16.0 Å². The van der Waals surface area contributed by atoms with Crippen LogP contribution in [0.25, 0.3) is 0 Å². The first-order chi connectivity index (χ1) is 17.3. The van der Waals surface area contributed by atoms with Gasteiger partial charge < -0.3 is 31.3 Å². The molecule has 3 amide bonds. The number of aliphatic carboxylic acids is 3. The number of carbonyl (C=O) groups excluding carboxylic acids is 3. The van der Waals surface area contributed by atoms with E-state index in [-0.39, 0.29) is 76.6 Å². The van der Waals surface area contributed by atoms with Gasteiger partial charge >= 0.3 is 17.9 Å². The van der Waals surface area contributed by atoms with Crippen LogP contribution in [0.5, 0.6) is 0 Å². The number of amides is 3. The van der Waals surface area contributed by atoms with Crippen LogP contribution in [0.1, 0.15) is 0 Å². The largest absolute Gasteiger partial charge is 0.480 e. The van der Waals surface area contributed by atoms with Crippen molar-refractivity contribution in [2.45, 2.75) is 0 Å². The third-order valence-electron chi connectivity index (χ3n) is 4.71. The van der Waals surface area contributed by atoms with Gasteiger partial charge in [-0.2, -0.15) is 0 Å². The van der Waals surface area contributed by atoms with Crippen molar-refractivity contribution in [1.29, 1.82) is 0 Å². The van der Waals surface area contributed by atoms with Gasteiger partial charge in [-0.15, -0.1) is 0 Å². The molecule has 0 bridgehead atoms. The van der Waals surface area contributed by atoms with E-state index in [1.54, 1.807) is 0 Å². The van der Waals surface area contributed by atoms with Gasteiger partial charge in [-0.3, -0.25) is 48.4 Å². The quantitative estimate of drug-likeness (QED) is 0.0825. The molecule has 0 aliphatic carbocycles. The van der Waals surface area contributed by atoms with E-state index in [1.165, 1.54) is 35.8 Å². The first-order valence-electron chi connectivity index (χ1n) is 11.5. The second-order valence-electron chi connectivity index (χ2n) is 8.59. The van der Waals surface area contributed by atoms with Gasteiger partial charge in [-0.25, -0.2) is 0 Å². The molecule has 0 heterocycles. The average Bonchev–Trinajstić information content (AvgIpc) is 2.71. The van der Waals surface area contributed by atoms with E-state index in [0.717, 1.165) is 0 Å². The zero-order valence-corrected chi connectivity index (χ0v) is 21.6. The molecule has 6 N–H and O–H groups in total. The first kappa shape index (κ1) is 33.7. The molecule has 0 saturated heterocycles. The zero-order valence-electron chi connectivity index (χ0n) is 21.6. The predicted octanol–water partition coefficient (Wildman–Crippen LogP) is -4.31. The molecular weight excluding hydrogens is 494 g/mol. The molecule has 0 radical (unpaired) electrons. The zero-order chi connectivity index (χ0) is 28.4. The van der Waals surface area contributed by atoms with Crippen LogP contribution < -0.4 is 16.0 Å². The Labute approximate surface area is 215 Å². The lowest BCUT2D eigenvalue weighted by Crippen LogP contribution is -2.46. The molecule has 0 aliphatic heterocycles. The molecule has 16 heteroatoms. The van der Waals surface area contributed by atoms with Crippen LogP contribution in [0, 0.1) is 0 Å². The summed E-state index contributed by atoms with van der Waals surface area (Å²) in [6, 6.07) is 0. The monoisotopic (exact) mass is 533 g/mol. The van der Waals surface area contributed by atoms with Crippen LogP contribution in [0.4, 0.5) is 0 Å². The molecule has 0 aliphatic rings. The molecule has 0 aromatic heterocycles. The Kier molecular flexibility index (Phi) is 17.2. The van der Waals surface area contributed by atoms with E-state index in [1.807, 2.05) is 4.90 Å². The summed E-state index contributed by atoms with van der Waals surface area (Å²) >= 11 is 0. The topological polar surface area (TPSA) is 212 Å². The van der Waals surface area contributed by atoms with E-state index >= 15 is 0 Å². The number of hydrogen-bond acceptors (Lipinski definition) is 10. The molecule has 212 valence electrons. The standard InChI is InChI=1S/C21H39N7O9/c1-25(13-19(32)33)10-16(29)22-4-7-28(8-5-23-17(30)11-26(2)14-20(34)35)9-6-24-18(31)12-27(3)15-21(36)37/h4-15H2,1-3H3,(H,22,29)(H,23,30)(H,24,31)(H,32,33)(H,34,35)(H,36,37). The third-order valence-corrected chi connectivity index (χ3v) is 4.71. The van der Waals surface area contributed by atoms with Crippen molar-refractivity contribution in [3.8, 4) is 0 Å². The van der Waals surface area contributed by atoms with Crippen molar-refractivity contribution in [3.63, 3.8) is 0 Å². The predicted molar refractivity (Wildman–Crippen MR) is 131 cm³/mol. The number of likely N-dealkylation sites (N-methyl/N-ethyl adjacent to an activating group) is 3. The van der Waals surface area contributed by atoms with E-state index in [9.17, 15) is 28.8 Å². The number of carbonyl (C=O) groups is 6. The lowest BCUT2D eigenvalue weighted by atomic mass is 10.4. The molecular formula is C21H39N7O9. The van der Waals surface area contributed by atoms with Crippen molar-refractivity contribution in [1.82, 2.24) is 35.6 Å². The molecule has 0 aromatic rings. The van der Waals surface area contributed by atoms with Crippen LogP contribution in [-0.4, -0.2) is 170 Å². The Bertz CT molecular complexity index is 682. The molecule has 0 rings (SSSR count). The summed E-state index contributed by atoms with van der Waals surface area (Å²) in [4.78, 5) is 74.1. The fraction of sp³-hybridized carbons (Fsp3) is 0.714. The highest BCUT2D eigenvalue weighted by molar-refractivity contribution is 5.80. The number of hydrogen-bond donors (Lipinski definition) is 6. The number of nitrogens with zero attached hydrogens (tertiary/aromatic N) is 4. The lowest BCUT2D eigenvalue weighted by Gasteiger charge is -2.24. The maximum Gasteiger partial charge on any atom is 0.317 e. The minimum absolute atomic E-state index is 0.0911. The van der Waals surface area contributed by atoms with Gasteiger partial charge in [-0.1, -0.05) is 0 Å². The Morgan fingerprint density at radius 1 is 0.486 bits per heavy atom. The molecule has 0 saturated carbocycles. The van der Waals surface area contributed by atoms with Gasteiger partial charge in [0.05, 0.1) is 39.3 Å². The highest BCUT2D eigenvalue weighted by Gasteiger charge is 2.13. The Hall–Kier alpha value is -3.34. The number of nitrogens with one attached hydrogen (secondary N) is 3. The summed E-state index contributed by atoms with van der Waals surface area (Å²) in [5.74, 6) is -4.20.